The molecule has 0 amide bonds. The molecule has 0 aliphatic rings. The highest BCUT2D eigenvalue weighted by molar-refractivity contribution is 5.72. The third kappa shape index (κ3) is 5.21. The second-order valence-corrected chi connectivity index (χ2v) is 4.86. The minimum absolute atomic E-state index is 0.0246. The summed E-state index contributed by atoms with van der Waals surface area (Å²) in [7, 11) is 0. The summed E-state index contributed by atoms with van der Waals surface area (Å²) in [6.07, 6.45) is -3.06. The molecule has 1 unspecified atom stereocenters. The third-order valence-corrected chi connectivity index (χ3v) is 3.05. The second kappa shape index (κ2) is 6.74. The number of halogens is 3. The van der Waals surface area contributed by atoms with Crippen LogP contribution in [0.25, 0.3) is 0 Å². The van der Waals surface area contributed by atoms with Gasteiger partial charge in [0, 0.05) is 6.04 Å². The van der Waals surface area contributed by atoms with Crippen LogP contribution in [0, 0.1) is 0 Å². The first kappa shape index (κ1) is 16.5. The Kier molecular flexibility index (Phi) is 5.56. The number of carboxylic acid groups (broad SMARTS) is 1. The Balaban J connectivity index is 2.48. The van der Waals surface area contributed by atoms with Crippen molar-refractivity contribution in [2.75, 3.05) is 0 Å². The molecule has 20 heavy (non-hydrogen) atoms. The van der Waals surface area contributed by atoms with Gasteiger partial charge in [-0.05, 0) is 44.4 Å². The summed E-state index contributed by atoms with van der Waals surface area (Å²) in [4.78, 5) is 10.7. The van der Waals surface area contributed by atoms with E-state index in [-0.39, 0.29) is 6.04 Å². The summed E-state index contributed by atoms with van der Waals surface area (Å²) in [6, 6.07) is 4.37. The van der Waals surface area contributed by atoms with Crippen molar-refractivity contribution in [2.45, 2.75) is 44.9 Å². The number of nitrogens with one attached hydrogen (secondary N) is 1. The zero-order valence-electron chi connectivity index (χ0n) is 11.4. The van der Waals surface area contributed by atoms with E-state index < -0.39 is 23.8 Å². The molecule has 0 aliphatic carbocycles. The molecule has 0 aliphatic heterocycles. The highest BCUT2D eigenvalue weighted by Gasteiger charge is 2.29. The molecule has 0 aromatic heterocycles. The van der Waals surface area contributed by atoms with E-state index in [0.29, 0.717) is 12.8 Å². The Morgan fingerprint density at radius 1 is 1.25 bits per heavy atom. The molecule has 1 aromatic carbocycles. The number of aryl methyl sites for hydroxylation is 1. The lowest BCUT2D eigenvalue weighted by molar-refractivity contribution is -0.139. The van der Waals surface area contributed by atoms with Crippen LogP contribution >= 0.6 is 0 Å². The second-order valence-electron chi connectivity index (χ2n) is 4.86. The summed E-state index contributed by atoms with van der Waals surface area (Å²) < 4.78 is 37.2. The Bertz CT molecular complexity index is 443. The van der Waals surface area contributed by atoms with Gasteiger partial charge in [-0.25, -0.2) is 0 Å². The minimum atomic E-state index is -4.32. The highest BCUT2D eigenvalue weighted by atomic mass is 19.4. The van der Waals surface area contributed by atoms with Crippen molar-refractivity contribution in [3.8, 4) is 0 Å². The molecule has 2 N–H and O–H groups in total. The van der Waals surface area contributed by atoms with Crippen molar-refractivity contribution < 1.29 is 23.1 Å². The molecule has 112 valence electrons. The van der Waals surface area contributed by atoms with Crippen LogP contribution in [0.5, 0.6) is 0 Å². The fourth-order valence-electron chi connectivity index (χ4n) is 1.82. The largest absolute Gasteiger partial charge is 0.480 e. The molecule has 2 atom stereocenters. The van der Waals surface area contributed by atoms with Gasteiger partial charge in [-0.2, -0.15) is 13.2 Å². The summed E-state index contributed by atoms with van der Waals surface area (Å²) >= 11 is 0. The van der Waals surface area contributed by atoms with Crippen LogP contribution in [0.3, 0.4) is 0 Å². The predicted octanol–water partition coefficient (Wildman–Crippen LogP) is 3.09. The number of carbonyl (C=O) groups is 1. The van der Waals surface area contributed by atoms with Crippen LogP contribution in [-0.4, -0.2) is 23.2 Å². The van der Waals surface area contributed by atoms with Crippen LogP contribution in [0.2, 0.25) is 0 Å². The first-order chi connectivity index (χ1) is 9.20. The quantitative estimate of drug-likeness (QED) is 0.846. The van der Waals surface area contributed by atoms with Gasteiger partial charge in [-0.1, -0.05) is 12.1 Å². The number of hydrogen-bond donors (Lipinski definition) is 2. The zero-order valence-corrected chi connectivity index (χ0v) is 11.4. The monoisotopic (exact) mass is 289 g/mol. The lowest BCUT2D eigenvalue weighted by atomic mass is 10.0. The van der Waals surface area contributed by atoms with E-state index >= 15 is 0 Å². The summed E-state index contributed by atoms with van der Waals surface area (Å²) in [5, 5.41) is 11.7. The van der Waals surface area contributed by atoms with Gasteiger partial charge < -0.3 is 10.4 Å². The Morgan fingerprint density at radius 3 is 2.25 bits per heavy atom. The van der Waals surface area contributed by atoms with Gasteiger partial charge in [-0.3, -0.25) is 4.79 Å². The fraction of sp³-hybridized carbons (Fsp3) is 0.500. The van der Waals surface area contributed by atoms with Crippen molar-refractivity contribution in [2.24, 2.45) is 0 Å². The van der Waals surface area contributed by atoms with E-state index in [0.717, 1.165) is 17.7 Å². The zero-order chi connectivity index (χ0) is 15.3. The number of alkyl halides is 3. The molecule has 0 bridgehead atoms. The molecular weight excluding hydrogens is 271 g/mol. The smallest absolute Gasteiger partial charge is 0.416 e. The average molecular weight is 289 g/mol. The van der Waals surface area contributed by atoms with Crippen LogP contribution < -0.4 is 5.32 Å². The van der Waals surface area contributed by atoms with Gasteiger partial charge in [0.2, 0.25) is 0 Å². The molecule has 0 saturated carbocycles. The Hall–Kier alpha value is -1.56. The van der Waals surface area contributed by atoms with Crippen molar-refractivity contribution in [1.82, 2.24) is 5.32 Å². The summed E-state index contributed by atoms with van der Waals surface area (Å²) in [5.41, 5.74) is 0.140. The molecule has 3 nitrogen and oxygen atoms in total. The first-order valence-electron chi connectivity index (χ1n) is 6.35. The van der Waals surface area contributed by atoms with Gasteiger partial charge in [0.1, 0.15) is 6.04 Å². The summed E-state index contributed by atoms with van der Waals surface area (Å²) in [5.74, 6) is -0.925. The number of benzene rings is 1. The van der Waals surface area contributed by atoms with Crippen molar-refractivity contribution in [1.29, 1.82) is 0 Å². The maximum Gasteiger partial charge on any atom is 0.416 e. The number of hydrogen-bond acceptors (Lipinski definition) is 2. The highest BCUT2D eigenvalue weighted by Crippen LogP contribution is 2.29. The molecule has 1 rings (SSSR count). The maximum absolute atomic E-state index is 12.4. The van der Waals surface area contributed by atoms with Crippen LogP contribution in [-0.2, 0) is 17.4 Å². The van der Waals surface area contributed by atoms with E-state index in [1.165, 1.54) is 12.1 Å². The maximum atomic E-state index is 12.4. The SMILES string of the molecule is CC(CCc1ccc(C(F)(F)F)cc1)N[C@H](C)C(=O)O. The van der Waals surface area contributed by atoms with Crippen LogP contribution in [0.15, 0.2) is 24.3 Å². The van der Waals surface area contributed by atoms with Gasteiger partial charge in [0.25, 0.3) is 0 Å². The number of carboxylic acids is 1. The van der Waals surface area contributed by atoms with Crippen LogP contribution in [0.4, 0.5) is 13.2 Å². The van der Waals surface area contributed by atoms with Gasteiger partial charge in [-0.15, -0.1) is 0 Å². The number of aliphatic carboxylic acids is 1. The topological polar surface area (TPSA) is 49.3 Å². The van der Waals surface area contributed by atoms with Crippen molar-refractivity contribution in [3.05, 3.63) is 35.4 Å². The molecule has 0 spiro atoms. The van der Waals surface area contributed by atoms with Crippen LogP contribution in [0.1, 0.15) is 31.4 Å². The summed E-state index contributed by atoms with van der Waals surface area (Å²) in [6.45, 7) is 3.40. The van der Waals surface area contributed by atoms with E-state index in [2.05, 4.69) is 5.32 Å². The minimum Gasteiger partial charge on any atom is -0.480 e. The standard InChI is InChI=1S/C14H18F3NO2/c1-9(18-10(2)13(19)20)3-4-11-5-7-12(8-6-11)14(15,16)17/h5-10,18H,3-4H2,1-2H3,(H,19,20)/t9?,10-/m1/s1. The Morgan fingerprint density at radius 2 is 1.80 bits per heavy atom. The van der Waals surface area contributed by atoms with E-state index in [1.54, 1.807) is 6.92 Å². The Labute approximate surface area is 115 Å². The van der Waals surface area contributed by atoms with E-state index in [4.69, 9.17) is 5.11 Å². The molecular formula is C14H18F3NO2. The van der Waals surface area contributed by atoms with Gasteiger partial charge >= 0.3 is 12.1 Å². The molecule has 0 heterocycles. The average Bonchev–Trinajstić information content (AvgIpc) is 2.35. The molecule has 1 aromatic rings. The molecule has 0 saturated heterocycles. The lowest BCUT2D eigenvalue weighted by Crippen LogP contribution is -2.40. The fourth-order valence-corrected chi connectivity index (χ4v) is 1.82. The molecule has 6 heteroatoms. The predicted molar refractivity (Wildman–Crippen MR) is 69.5 cm³/mol. The lowest BCUT2D eigenvalue weighted by Gasteiger charge is -2.17. The normalized spacial score (nSPS) is 14.8. The number of rotatable bonds is 6. The van der Waals surface area contributed by atoms with E-state index in [1.807, 2.05) is 6.92 Å². The molecule has 0 fully saturated rings. The third-order valence-electron chi connectivity index (χ3n) is 3.05. The van der Waals surface area contributed by atoms with Crippen molar-refractivity contribution >= 4 is 5.97 Å². The van der Waals surface area contributed by atoms with E-state index in [9.17, 15) is 18.0 Å². The van der Waals surface area contributed by atoms with Gasteiger partial charge in [0.05, 0.1) is 5.56 Å². The van der Waals surface area contributed by atoms with Crippen molar-refractivity contribution in [3.63, 3.8) is 0 Å². The van der Waals surface area contributed by atoms with Gasteiger partial charge in [0.15, 0.2) is 0 Å². The first-order valence-corrected chi connectivity index (χ1v) is 6.35. The molecule has 0 radical (unpaired) electrons.